The lowest BCUT2D eigenvalue weighted by Crippen LogP contribution is -1.94. The maximum Gasteiger partial charge on any atom is 0.131 e. The van der Waals surface area contributed by atoms with Crippen LogP contribution in [0.2, 0.25) is 0 Å². The van der Waals surface area contributed by atoms with Crippen molar-refractivity contribution in [1.29, 1.82) is 0 Å². The molecule has 0 amide bonds. The fourth-order valence-corrected chi connectivity index (χ4v) is 2.80. The van der Waals surface area contributed by atoms with Crippen LogP contribution < -0.4 is 9.47 Å². The van der Waals surface area contributed by atoms with Gasteiger partial charge < -0.3 is 14.6 Å². The Labute approximate surface area is 148 Å². The van der Waals surface area contributed by atoms with Gasteiger partial charge in [0.2, 0.25) is 0 Å². The summed E-state index contributed by atoms with van der Waals surface area (Å²) in [7, 11) is 1.64. The van der Waals surface area contributed by atoms with E-state index in [1.807, 2.05) is 74.5 Å². The van der Waals surface area contributed by atoms with E-state index in [4.69, 9.17) is 9.47 Å². The molecule has 0 unspecified atom stereocenters. The largest absolute Gasteiger partial charge is 0.507 e. The Kier molecular flexibility index (Phi) is 4.94. The van der Waals surface area contributed by atoms with Gasteiger partial charge in [0.1, 0.15) is 17.2 Å². The van der Waals surface area contributed by atoms with Gasteiger partial charge >= 0.3 is 0 Å². The number of methoxy groups -OCH3 is 1. The van der Waals surface area contributed by atoms with Crippen molar-refractivity contribution in [2.45, 2.75) is 13.8 Å². The SMILES string of the molecule is CCOc1cc(-c2ccc(C)cc2)c(O)c(-c2ccc(OC)cc2)c1. The summed E-state index contributed by atoms with van der Waals surface area (Å²) in [5, 5.41) is 10.9. The van der Waals surface area contributed by atoms with E-state index in [1.165, 1.54) is 5.56 Å². The summed E-state index contributed by atoms with van der Waals surface area (Å²) >= 11 is 0. The molecule has 0 aromatic heterocycles. The van der Waals surface area contributed by atoms with E-state index >= 15 is 0 Å². The van der Waals surface area contributed by atoms with Crippen molar-refractivity contribution in [1.82, 2.24) is 0 Å². The van der Waals surface area contributed by atoms with E-state index in [9.17, 15) is 5.11 Å². The average molecular weight is 334 g/mol. The molecule has 3 nitrogen and oxygen atoms in total. The first-order valence-electron chi connectivity index (χ1n) is 8.33. The molecule has 0 aliphatic carbocycles. The van der Waals surface area contributed by atoms with Crippen LogP contribution in [0.5, 0.6) is 17.2 Å². The van der Waals surface area contributed by atoms with Gasteiger partial charge in [-0.2, -0.15) is 0 Å². The van der Waals surface area contributed by atoms with Crippen LogP contribution in [0.25, 0.3) is 22.3 Å². The highest BCUT2D eigenvalue weighted by Gasteiger charge is 2.14. The molecule has 0 heterocycles. The predicted molar refractivity (Wildman–Crippen MR) is 101 cm³/mol. The van der Waals surface area contributed by atoms with Crippen LogP contribution in [0.4, 0.5) is 0 Å². The zero-order valence-electron chi connectivity index (χ0n) is 14.7. The lowest BCUT2D eigenvalue weighted by atomic mass is 9.96. The van der Waals surface area contributed by atoms with Crippen molar-refractivity contribution < 1.29 is 14.6 Å². The Bertz CT molecular complexity index is 850. The van der Waals surface area contributed by atoms with Crippen molar-refractivity contribution in [2.75, 3.05) is 13.7 Å². The molecule has 0 fully saturated rings. The Morgan fingerprint density at radius 1 is 0.800 bits per heavy atom. The maximum atomic E-state index is 10.9. The summed E-state index contributed by atoms with van der Waals surface area (Å²) in [6, 6.07) is 19.5. The highest BCUT2D eigenvalue weighted by Crippen LogP contribution is 2.41. The molecule has 3 heteroatoms. The molecule has 0 spiro atoms. The van der Waals surface area contributed by atoms with Gasteiger partial charge in [-0.1, -0.05) is 42.0 Å². The standard InChI is InChI=1S/C22H22O3/c1-4-25-19-13-20(16-7-5-15(2)6-8-16)22(23)21(14-19)17-9-11-18(24-3)12-10-17/h5-14,23H,4H2,1-3H3. The summed E-state index contributed by atoms with van der Waals surface area (Å²) in [5.41, 5.74) is 4.55. The molecule has 0 saturated heterocycles. The van der Waals surface area contributed by atoms with Gasteiger partial charge in [-0.05, 0) is 49.2 Å². The van der Waals surface area contributed by atoms with Crippen LogP contribution in [-0.4, -0.2) is 18.8 Å². The summed E-state index contributed by atoms with van der Waals surface area (Å²) in [5.74, 6) is 1.77. The van der Waals surface area contributed by atoms with E-state index in [0.29, 0.717) is 6.61 Å². The van der Waals surface area contributed by atoms with E-state index in [-0.39, 0.29) is 5.75 Å². The summed E-state index contributed by atoms with van der Waals surface area (Å²) < 4.78 is 10.9. The number of hydrogen-bond acceptors (Lipinski definition) is 3. The molecule has 3 aromatic carbocycles. The fraction of sp³-hybridized carbons (Fsp3) is 0.182. The van der Waals surface area contributed by atoms with Gasteiger partial charge in [0, 0.05) is 11.1 Å². The Hall–Kier alpha value is -2.94. The van der Waals surface area contributed by atoms with Crippen molar-refractivity contribution in [3.8, 4) is 39.5 Å². The number of phenolic OH excluding ortho intramolecular Hbond substituents is 1. The number of ether oxygens (including phenoxy) is 2. The first kappa shape index (κ1) is 16.9. The first-order valence-corrected chi connectivity index (χ1v) is 8.33. The zero-order chi connectivity index (χ0) is 17.8. The fourth-order valence-electron chi connectivity index (χ4n) is 2.80. The Balaban J connectivity index is 2.15. The molecule has 0 radical (unpaired) electrons. The molecule has 0 bridgehead atoms. The number of aromatic hydroxyl groups is 1. The van der Waals surface area contributed by atoms with Gasteiger partial charge in [0.15, 0.2) is 0 Å². The number of rotatable bonds is 5. The third-order valence-corrected chi connectivity index (χ3v) is 4.16. The molecule has 0 saturated carbocycles. The third-order valence-electron chi connectivity index (χ3n) is 4.16. The highest BCUT2D eigenvalue weighted by molar-refractivity contribution is 5.83. The lowest BCUT2D eigenvalue weighted by Gasteiger charge is -2.14. The number of aryl methyl sites for hydroxylation is 1. The molecular weight excluding hydrogens is 312 g/mol. The summed E-state index contributed by atoms with van der Waals surface area (Å²) in [6.45, 7) is 4.56. The number of benzene rings is 3. The van der Waals surface area contributed by atoms with Crippen LogP contribution >= 0.6 is 0 Å². The van der Waals surface area contributed by atoms with Gasteiger partial charge in [0.05, 0.1) is 13.7 Å². The minimum atomic E-state index is 0.248. The molecule has 0 aliphatic rings. The van der Waals surface area contributed by atoms with Gasteiger partial charge in [-0.3, -0.25) is 0 Å². The molecular formula is C22H22O3. The van der Waals surface area contributed by atoms with E-state index in [1.54, 1.807) is 7.11 Å². The second kappa shape index (κ2) is 7.31. The van der Waals surface area contributed by atoms with E-state index < -0.39 is 0 Å². The maximum absolute atomic E-state index is 10.9. The third kappa shape index (κ3) is 3.61. The molecule has 1 N–H and O–H groups in total. The Morgan fingerprint density at radius 3 is 1.80 bits per heavy atom. The van der Waals surface area contributed by atoms with Crippen molar-refractivity contribution in [3.05, 3.63) is 66.2 Å². The topological polar surface area (TPSA) is 38.7 Å². The van der Waals surface area contributed by atoms with Crippen LogP contribution in [0.3, 0.4) is 0 Å². The Morgan fingerprint density at radius 2 is 1.32 bits per heavy atom. The minimum absolute atomic E-state index is 0.248. The van der Waals surface area contributed by atoms with E-state index in [2.05, 4.69) is 0 Å². The lowest BCUT2D eigenvalue weighted by molar-refractivity contribution is 0.340. The number of phenols is 1. The predicted octanol–water partition coefficient (Wildman–Crippen LogP) is 5.44. The van der Waals surface area contributed by atoms with Gasteiger partial charge in [-0.25, -0.2) is 0 Å². The van der Waals surface area contributed by atoms with Gasteiger partial charge in [-0.15, -0.1) is 0 Å². The molecule has 0 atom stereocenters. The molecule has 3 rings (SSSR count). The average Bonchev–Trinajstić information content (AvgIpc) is 2.64. The molecule has 0 aliphatic heterocycles. The highest BCUT2D eigenvalue weighted by atomic mass is 16.5. The molecule has 25 heavy (non-hydrogen) atoms. The van der Waals surface area contributed by atoms with Crippen molar-refractivity contribution in [3.63, 3.8) is 0 Å². The van der Waals surface area contributed by atoms with Crippen LogP contribution in [-0.2, 0) is 0 Å². The smallest absolute Gasteiger partial charge is 0.131 e. The zero-order valence-corrected chi connectivity index (χ0v) is 14.7. The van der Waals surface area contributed by atoms with Crippen LogP contribution in [0.15, 0.2) is 60.7 Å². The minimum Gasteiger partial charge on any atom is -0.507 e. The van der Waals surface area contributed by atoms with Crippen molar-refractivity contribution in [2.24, 2.45) is 0 Å². The monoisotopic (exact) mass is 334 g/mol. The second-order valence-electron chi connectivity index (χ2n) is 5.89. The molecule has 3 aromatic rings. The molecule has 128 valence electrons. The van der Waals surface area contributed by atoms with Crippen molar-refractivity contribution >= 4 is 0 Å². The van der Waals surface area contributed by atoms with Crippen LogP contribution in [0.1, 0.15) is 12.5 Å². The van der Waals surface area contributed by atoms with E-state index in [0.717, 1.165) is 33.8 Å². The second-order valence-corrected chi connectivity index (χ2v) is 5.89. The first-order chi connectivity index (χ1) is 12.1. The normalized spacial score (nSPS) is 10.5. The quantitative estimate of drug-likeness (QED) is 0.675. The summed E-state index contributed by atoms with van der Waals surface area (Å²) in [4.78, 5) is 0. The summed E-state index contributed by atoms with van der Waals surface area (Å²) in [6.07, 6.45) is 0. The van der Waals surface area contributed by atoms with Crippen LogP contribution in [0, 0.1) is 6.92 Å². The van der Waals surface area contributed by atoms with Gasteiger partial charge in [0.25, 0.3) is 0 Å². The number of hydrogen-bond donors (Lipinski definition) is 1.